The van der Waals surface area contributed by atoms with E-state index in [0.29, 0.717) is 29.4 Å². The summed E-state index contributed by atoms with van der Waals surface area (Å²) < 4.78 is 31.5. The molecule has 0 radical (unpaired) electrons. The topological polar surface area (TPSA) is 97.7 Å². The summed E-state index contributed by atoms with van der Waals surface area (Å²) in [6, 6.07) is 16.7. The van der Waals surface area contributed by atoms with Crippen LogP contribution in [0.25, 0.3) is 0 Å². The molecule has 0 saturated carbocycles. The molecular weight excluding hydrogens is 538 g/mol. The van der Waals surface area contributed by atoms with E-state index in [2.05, 4.69) is 28.7 Å². The number of phenols is 1. The Bertz CT molecular complexity index is 1270. The molecule has 1 aliphatic rings. The lowest BCUT2D eigenvalue weighted by atomic mass is 9.83. The van der Waals surface area contributed by atoms with E-state index in [4.69, 9.17) is 19.9 Å². The fourth-order valence-electron chi connectivity index (χ4n) is 3.68. The van der Waals surface area contributed by atoms with Gasteiger partial charge in [-0.3, -0.25) is 0 Å². The van der Waals surface area contributed by atoms with E-state index in [0.717, 1.165) is 14.7 Å². The minimum atomic E-state index is -0.502. The molecule has 0 aliphatic carbocycles. The summed E-state index contributed by atoms with van der Waals surface area (Å²) in [5, 5.41) is 19.7. The predicted octanol–water partition coefficient (Wildman–Crippen LogP) is 5.33. The number of nitrogens with zero attached hydrogens (tertiary/aromatic N) is 1. The monoisotopic (exact) mass is 558 g/mol. The van der Waals surface area contributed by atoms with Crippen LogP contribution in [0.2, 0.25) is 0 Å². The summed E-state index contributed by atoms with van der Waals surface area (Å²) in [4.78, 5) is 0. The molecule has 3 aromatic rings. The summed E-state index contributed by atoms with van der Waals surface area (Å²) in [5.74, 6) is 0.681. The van der Waals surface area contributed by atoms with Gasteiger partial charge in [0.1, 0.15) is 35.6 Å². The van der Waals surface area contributed by atoms with Crippen molar-refractivity contribution >= 4 is 22.6 Å². The fourth-order valence-corrected chi connectivity index (χ4v) is 4.46. The first-order valence-corrected chi connectivity index (χ1v) is 11.2. The SMILES string of the molecule is CCOc1cc([C@@H]2C(C#N)=C(N)Oc3cc(O)ccc32)cc(I)c1OCc1ccc(F)cc1. The van der Waals surface area contributed by atoms with Crippen molar-refractivity contribution in [2.45, 2.75) is 19.4 Å². The van der Waals surface area contributed by atoms with Crippen molar-refractivity contribution < 1.29 is 23.7 Å². The third kappa shape index (κ3) is 4.68. The Kier molecular flexibility index (Phi) is 6.60. The molecule has 1 aliphatic heterocycles. The Balaban J connectivity index is 1.75. The maximum Gasteiger partial charge on any atom is 0.205 e. The van der Waals surface area contributed by atoms with Crippen molar-refractivity contribution in [3.63, 3.8) is 0 Å². The van der Waals surface area contributed by atoms with Crippen molar-refractivity contribution in [1.82, 2.24) is 0 Å². The Hall–Kier alpha value is -3.45. The number of halogens is 2. The molecule has 6 nitrogen and oxygen atoms in total. The van der Waals surface area contributed by atoms with Gasteiger partial charge in [-0.2, -0.15) is 5.26 Å². The molecule has 3 N–H and O–H groups in total. The van der Waals surface area contributed by atoms with E-state index in [9.17, 15) is 14.8 Å². The summed E-state index contributed by atoms with van der Waals surface area (Å²) in [6.07, 6.45) is 0. The first kappa shape index (κ1) is 22.7. The van der Waals surface area contributed by atoms with Crippen LogP contribution in [0.4, 0.5) is 4.39 Å². The fraction of sp³-hybridized carbons (Fsp3) is 0.160. The van der Waals surface area contributed by atoms with Crippen LogP contribution >= 0.6 is 22.6 Å². The number of benzene rings is 3. The first-order chi connectivity index (χ1) is 15.9. The van der Waals surface area contributed by atoms with Crippen molar-refractivity contribution in [3.05, 3.63) is 92.1 Å². The number of aromatic hydroxyl groups is 1. The Morgan fingerprint density at radius 3 is 2.61 bits per heavy atom. The largest absolute Gasteiger partial charge is 0.508 e. The van der Waals surface area contributed by atoms with Crippen molar-refractivity contribution in [1.29, 1.82) is 5.26 Å². The molecule has 0 unspecified atom stereocenters. The lowest BCUT2D eigenvalue weighted by Gasteiger charge is -2.27. The third-order valence-corrected chi connectivity index (χ3v) is 5.97. The van der Waals surface area contributed by atoms with Crippen LogP contribution in [0.1, 0.15) is 29.5 Å². The summed E-state index contributed by atoms with van der Waals surface area (Å²) in [7, 11) is 0. The number of fused-ring (bicyclic) bond motifs is 1. The van der Waals surface area contributed by atoms with E-state index in [1.807, 2.05) is 19.1 Å². The molecule has 0 saturated heterocycles. The highest BCUT2D eigenvalue weighted by molar-refractivity contribution is 14.1. The summed E-state index contributed by atoms with van der Waals surface area (Å²) >= 11 is 2.16. The van der Waals surface area contributed by atoms with Crippen LogP contribution in [-0.4, -0.2) is 11.7 Å². The highest BCUT2D eigenvalue weighted by atomic mass is 127. The molecule has 168 valence electrons. The summed E-state index contributed by atoms with van der Waals surface area (Å²) in [6.45, 7) is 2.52. The van der Waals surface area contributed by atoms with Gasteiger partial charge in [-0.1, -0.05) is 18.2 Å². The zero-order chi connectivity index (χ0) is 23.5. The van der Waals surface area contributed by atoms with E-state index < -0.39 is 5.92 Å². The predicted molar refractivity (Wildman–Crippen MR) is 128 cm³/mol. The van der Waals surface area contributed by atoms with Gasteiger partial charge in [-0.25, -0.2) is 4.39 Å². The first-order valence-electron chi connectivity index (χ1n) is 10.1. The maximum absolute atomic E-state index is 13.2. The van der Waals surface area contributed by atoms with Gasteiger partial charge in [0.25, 0.3) is 0 Å². The van der Waals surface area contributed by atoms with Crippen molar-refractivity contribution in [3.8, 4) is 29.1 Å². The number of nitrogens with two attached hydrogens (primary N) is 1. The molecule has 0 bridgehead atoms. The number of allylic oxidation sites excluding steroid dienone is 1. The van der Waals surface area contributed by atoms with Gasteiger partial charge >= 0.3 is 0 Å². The minimum Gasteiger partial charge on any atom is -0.508 e. The lowest BCUT2D eigenvalue weighted by Crippen LogP contribution is -2.21. The zero-order valence-electron chi connectivity index (χ0n) is 17.6. The molecule has 0 aromatic heterocycles. The number of nitriles is 1. The lowest BCUT2D eigenvalue weighted by molar-refractivity contribution is 0.267. The maximum atomic E-state index is 13.2. The molecule has 1 heterocycles. The minimum absolute atomic E-state index is 0.00907. The number of hydrogen-bond donors (Lipinski definition) is 2. The van der Waals surface area contributed by atoms with E-state index in [1.54, 1.807) is 24.3 Å². The van der Waals surface area contributed by atoms with Crippen LogP contribution < -0.4 is 19.9 Å². The molecule has 1 atom stereocenters. The highest BCUT2D eigenvalue weighted by Crippen LogP contribution is 2.46. The van der Waals surface area contributed by atoms with Crippen LogP contribution in [0.15, 0.2) is 66.1 Å². The van der Waals surface area contributed by atoms with E-state index in [1.165, 1.54) is 18.2 Å². The number of ether oxygens (including phenoxy) is 3. The van der Waals surface area contributed by atoms with Crippen LogP contribution in [0, 0.1) is 20.7 Å². The molecule has 3 aromatic carbocycles. The second kappa shape index (κ2) is 9.58. The number of hydrogen-bond acceptors (Lipinski definition) is 6. The van der Waals surface area contributed by atoms with Gasteiger partial charge in [-0.05, 0) is 71.0 Å². The highest BCUT2D eigenvalue weighted by Gasteiger charge is 2.32. The van der Waals surface area contributed by atoms with Gasteiger partial charge < -0.3 is 25.1 Å². The van der Waals surface area contributed by atoms with Gasteiger partial charge in [0.05, 0.1) is 16.1 Å². The second-order valence-electron chi connectivity index (χ2n) is 7.33. The van der Waals surface area contributed by atoms with Gasteiger partial charge in [-0.15, -0.1) is 0 Å². The second-order valence-corrected chi connectivity index (χ2v) is 8.49. The van der Waals surface area contributed by atoms with Gasteiger partial charge in [0, 0.05) is 11.6 Å². The molecule has 0 fully saturated rings. The van der Waals surface area contributed by atoms with Crippen molar-refractivity contribution in [2.75, 3.05) is 6.61 Å². The quantitative estimate of drug-likeness (QED) is 0.397. The van der Waals surface area contributed by atoms with Crippen LogP contribution in [-0.2, 0) is 6.61 Å². The van der Waals surface area contributed by atoms with E-state index in [-0.39, 0.29) is 29.6 Å². The zero-order valence-corrected chi connectivity index (χ0v) is 19.8. The molecule has 8 heteroatoms. The Labute approximate surface area is 204 Å². The molecular formula is C25H20FIN2O4. The van der Waals surface area contributed by atoms with Crippen LogP contribution in [0.3, 0.4) is 0 Å². The molecule has 0 amide bonds. The summed E-state index contributed by atoms with van der Waals surface area (Å²) in [5.41, 5.74) is 8.60. The standard InChI is InChI=1S/C25H20FIN2O4/c1-2-31-22-10-15(9-20(27)24(22)32-13-14-3-5-16(26)6-4-14)23-18-8-7-17(30)11-21(18)33-25(29)19(23)12-28/h3-11,23,30H,2,13,29H2,1H3/t23-/m0/s1. The van der Waals surface area contributed by atoms with E-state index >= 15 is 0 Å². The van der Waals surface area contributed by atoms with Gasteiger partial charge in [0.15, 0.2) is 11.5 Å². The smallest absolute Gasteiger partial charge is 0.205 e. The van der Waals surface area contributed by atoms with Crippen molar-refractivity contribution in [2.24, 2.45) is 5.73 Å². The average Bonchev–Trinajstić information content (AvgIpc) is 2.78. The Morgan fingerprint density at radius 1 is 1.15 bits per heavy atom. The Morgan fingerprint density at radius 2 is 1.91 bits per heavy atom. The van der Waals surface area contributed by atoms with Crippen LogP contribution in [0.5, 0.6) is 23.0 Å². The molecule has 33 heavy (non-hydrogen) atoms. The average molecular weight is 558 g/mol. The molecule has 0 spiro atoms. The molecule has 4 rings (SSSR count). The third-order valence-electron chi connectivity index (χ3n) is 5.16. The number of rotatable bonds is 6. The van der Waals surface area contributed by atoms with Gasteiger partial charge in [0.2, 0.25) is 5.88 Å². The number of phenolic OH excluding ortho intramolecular Hbond substituents is 1. The normalized spacial score (nSPS) is 14.8.